The summed E-state index contributed by atoms with van der Waals surface area (Å²) in [4.78, 5) is 12.1. The van der Waals surface area contributed by atoms with Crippen LogP contribution in [0.2, 0.25) is 0 Å². The predicted molar refractivity (Wildman–Crippen MR) is 161 cm³/mol. The molecule has 0 aromatic heterocycles. The normalized spacial score (nSPS) is 11.9. The molecule has 2 aromatic rings. The van der Waals surface area contributed by atoms with E-state index in [1.807, 2.05) is 24.3 Å². The minimum absolute atomic E-state index is 0.0678. The molecule has 0 saturated carbocycles. The molecular formula is C34H53NO3. The minimum Gasteiger partial charge on any atom is -0.497 e. The molecule has 0 spiro atoms. The van der Waals surface area contributed by atoms with Gasteiger partial charge < -0.3 is 19.6 Å². The quantitative estimate of drug-likeness (QED) is 0.117. The number of carbonyl (C=O) groups is 1. The molecule has 0 aliphatic heterocycles. The average molecular weight is 524 g/mol. The van der Waals surface area contributed by atoms with E-state index in [1.165, 1.54) is 68.9 Å². The van der Waals surface area contributed by atoms with Crippen molar-refractivity contribution >= 4 is 6.29 Å². The molecule has 0 heterocycles. The molecule has 0 radical (unpaired) electrons. The Morgan fingerprint density at radius 2 is 1.45 bits per heavy atom. The largest absolute Gasteiger partial charge is 0.497 e. The van der Waals surface area contributed by atoms with Crippen LogP contribution < -0.4 is 14.8 Å². The molecule has 1 unspecified atom stereocenters. The van der Waals surface area contributed by atoms with Crippen molar-refractivity contribution in [3.8, 4) is 11.5 Å². The van der Waals surface area contributed by atoms with Crippen molar-refractivity contribution in [2.45, 2.75) is 109 Å². The van der Waals surface area contributed by atoms with Gasteiger partial charge in [0.2, 0.25) is 0 Å². The number of aryl methyl sites for hydroxylation is 1. The van der Waals surface area contributed by atoms with Crippen molar-refractivity contribution in [1.82, 2.24) is 5.32 Å². The summed E-state index contributed by atoms with van der Waals surface area (Å²) in [5.41, 5.74) is 3.70. The second-order valence-electron chi connectivity index (χ2n) is 10.5. The summed E-state index contributed by atoms with van der Waals surface area (Å²) in [5, 5.41) is 3.55. The Hall–Kier alpha value is -2.33. The molecule has 0 aliphatic carbocycles. The van der Waals surface area contributed by atoms with Gasteiger partial charge in [-0.3, -0.25) is 0 Å². The van der Waals surface area contributed by atoms with E-state index in [9.17, 15) is 4.79 Å². The third-order valence-corrected chi connectivity index (χ3v) is 7.56. The van der Waals surface area contributed by atoms with Gasteiger partial charge in [0.05, 0.1) is 14.2 Å². The van der Waals surface area contributed by atoms with Gasteiger partial charge in [0.15, 0.2) is 0 Å². The van der Waals surface area contributed by atoms with Gasteiger partial charge in [-0.2, -0.15) is 0 Å². The van der Waals surface area contributed by atoms with Crippen molar-refractivity contribution in [2.24, 2.45) is 0 Å². The number of carbonyl (C=O) groups excluding carboxylic acids is 1. The fourth-order valence-electron chi connectivity index (χ4n) is 5.29. The van der Waals surface area contributed by atoms with E-state index in [1.54, 1.807) is 14.2 Å². The number of hydrogen-bond acceptors (Lipinski definition) is 4. The average Bonchev–Trinajstić information content (AvgIpc) is 2.95. The van der Waals surface area contributed by atoms with Crippen molar-refractivity contribution in [3.05, 3.63) is 59.2 Å². The van der Waals surface area contributed by atoms with Crippen LogP contribution in [0, 0.1) is 0 Å². The van der Waals surface area contributed by atoms with E-state index in [4.69, 9.17) is 9.47 Å². The Morgan fingerprint density at radius 3 is 2.13 bits per heavy atom. The zero-order valence-electron chi connectivity index (χ0n) is 24.4. The molecule has 2 rings (SSSR count). The van der Waals surface area contributed by atoms with Crippen LogP contribution in [0.3, 0.4) is 0 Å². The fraction of sp³-hybridized carbons (Fsp3) is 0.618. The van der Waals surface area contributed by atoms with Crippen LogP contribution in [0.1, 0.15) is 113 Å². The van der Waals surface area contributed by atoms with Gasteiger partial charge in [-0.25, -0.2) is 0 Å². The first kappa shape index (κ1) is 31.9. The molecule has 4 nitrogen and oxygen atoms in total. The van der Waals surface area contributed by atoms with Gasteiger partial charge in [0, 0.05) is 5.92 Å². The number of nitrogens with one attached hydrogen (secondary N) is 1. The summed E-state index contributed by atoms with van der Waals surface area (Å²) in [6, 6.07) is 14.5. The summed E-state index contributed by atoms with van der Waals surface area (Å²) in [6.45, 7) is 4.18. The molecular weight excluding hydrogens is 470 g/mol. The van der Waals surface area contributed by atoms with E-state index in [0.717, 1.165) is 75.0 Å². The molecule has 2 aromatic carbocycles. The van der Waals surface area contributed by atoms with Gasteiger partial charge in [-0.05, 0) is 86.5 Å². The topological polar surface area (TPSA) is 47.6 Å². The number of hydrogen-bond donors (Lipinski definition) is 1. The lowest BCUT2D eigenvalue weighted by atomic mass is 9.88. The monoisotopic (exact) mass is 523 g/mol. The molecule has 0 bridgehead atoms. The highest BCUT2D eigenvalue weighted by Crippen LogP contribution is 2.31. The first-order valence-corrected chi connectivity index (χ1v) is 15.2. The number of benzene rings is 2. The number of unbranched alkanes of at least 4 members (excludes halogenated alkanes) is 9. The highest BCUT2D eigenvalue weighted by molar-refractivity contribution is 5.64. The number of rotatable bonds is 23. The van der Waals surface area contributed by atoms with E-state index in [0.29, 0.717) is 0 Å². The van der Waals surface area contributed by atoms with Crippen molar-refractivity contribution in [2.75, 3.05) is 27.3 Å². The van der Waals surface area contributed by atoms with Gasteiger partial charge in [0.25, 0.3) is 0 Å². The molecule has 0 fully saturated rings. The number of ether oxygens (including phenoxy) is 2. The van der Waals surface area contributed by atoms with E-state index in [2.05, 4.69) is 30.4 Å². The molecule has 38 heavy (non-hydrogen) atoms. The van der Waals surface area contributed by atoms with Crippen molar-refractivity contribution in [1.29, 1.82) is 0 Å². The third-order valence-electron chi connectivity index (χ3n) is 7.56. The first-order chi connectivity index (χ1) is 18.7. The summed E-state index contributed by atoms with van der Waals surface area (Å²) in [6.07, 6.45) is 19.4. The smallest absolute Gasteiger partial charge is 0.127 e. The lowest BCUT2D eigenvalue weighted by Crippen LogP contribution is -2.18. The zero-order chi connectivity index (χ0) is 27.3. The number of aldehydes is 1. The highest BCUT2D eigenvalue weighted by atomic mass is 16.5. The van der Waals surface area contributed by atoms with Crippen molar-refractivity contribution < 1.29 is 14.3 Å². The Bertz CT molecular complexity index is 882. The van der Waals surface area contributed by atoms with Crippen LogP contribution in [0.4, 0.5) is 0 Å². The Morgan fingerprint density at radius 1 is 0.763 bits per heavy atom. The summed E-state index contributed by atoms with van der Waals surface area (Å²) in [5.74, 6) is 1.78. The Balaban J connectivity index is 1.71. The Kier molecular flexibility index (Phi) is 17.3. The SMILES string of the molecule is CCCCCCCCCCCCc1c(OC)cccc1C(C=O)CCCNCCCc1cccc(OC)c1. The van der Waals surface area contributed by atoms with Crippen LogP contribution in [-0.4, -0.2) is 33.6 Å². The van der Waals surface area contributed by atoms with Gasteiger partial charge in [0.1, 0.15) is 17.8 Å². The van der Waals surface area contributed by atoms with Crippen LogP contribution in [-0.2, 0) is 17.6 Å². The molecule has 0 saturated heterocycles. The summed E-state index contributed by atoms with van der Waals surface area (Å²) < 4.78 is 11.0. The van der Waals surface area contributed by atoms with Gasteiger partial charge >= 0.3 is 0 Å². The van der Waals surface area contributed by atoms with Gasteiger partial charge in [-0.15, -0.1) is 0 Å². The summed E-state index contributed by atoms with van der Waals surface area (Å²) in [7, 11) is 3.45. The molecule has 0 amide bonds. The fourth-order valence-corrected chi connectivity index (χ4v) is 5.29. The lowest BCUT2D eigenvalue weighted by molar-refractivity contribution is -0.109. The second-order valence-corrected chi connectivity index (χ2v) is 10.5. The van der Waals surface area contributed by atoms with Crippen LogP contribution in [0.5, 0.6) is 11.5 Å². The van der Waals surface area contributed by atoms with E-state index in [-0.39, 0.29) is 5.92 Å². The minimum atomic E-state index is -0.0678. The van der Waals surface area contributed by atoms with Crippen LogP contribution in [0.15, 0.2) is 42.5 Å². The zero-order valence-corrected chi connectivity index (χ0v) is 24.4. The maximum absolute atomic E-state index is 12.1. The second kappa shape index (κ2) is 20.6. The molecule has 1 N–H and O–H groups in total. The van der Waals surface area contributed by atoms with E-state index < -0.39 is 0 Å². The van der Waals surface area contributed by atoms with Gasteiger partial charge in [-0.1, -0.05) is 89.0 Å². The standard InChI is InChI=1S/C34H53NO3/c1-4-5-6-7-8-9-10-11-12-13-22-33-32(23-15-24-34(33)38-3)30(28-36)20-17-26-35-25-16-19-29-18-14-21-31(27-29)37-2/h14-15,18,21,23-24,27-28,30,35H,4-13,16-17,19-20,22,25-26H2,1-3H3. The molecule has 4 heteroatoms. The predicted octanol–water partition coefficient (Wildman–Crippen LogP) is 8.45. The first-order valence-electron chi connectivity index (χ1n) is 15.2. The highest BCUT2D eigenvalue weighted by Gasteiger charge is 2.17. The lowest BCUT2D eigenvalue weighted by Gasteiger charge is -2.18. The van der Waals surface area contributed by atoms with Crippen molar-refractivity contribution in [3.63, 3.8) is 0 Å². The third kappa shape index (κ3) is 12.5. The molecule has 1 atom stereocenters. The Labute approximate surface area is 232 Å². The summed E-state index contributed by atoms with van der Waals surface area (Å²) >= 11 is 0. The maximum atomic E-state index is 12.1. The molecule has 212 valence electrons. The van der Waals surface area contributed by atoms with E-state index >= 15 is 0 Å². The van der Waals surface area contributed by atoms with Crippen LogP contribution >= 0.6 is 0 Å². The molecule has 0 aliphatic rings. The number of methoxy groups -OCH3 is 2. The van der Waals surface area contributed by atoms with Crippen LogP contribution in [0.25, 0.3) is 0 Å². The maximum Gasteiger partial charge on any atom is 0.127 e.